The van der Waals surface area contributed by atoms with Crippen LogP contribution in [0, 0.1) is 0 Å². The Bertz CT molecular complexity index is 382. The molecule has 1 N–H and O–H groups in total. The van der Waals surface area contributed by atoms with Gasteiger partial charge in [0.2, 0.25) is 0 Å². The number of halogens is 1. The van der Waals surface area contributed by atoms with E-state index in [1.165, 1.54) is 0 Å². The van der Waals surface area contributed by atoms with Crippen molar-refractivity contribution in [2.75, 3.05) is 6.61 Å². The van der Waals surface area contributed by atoms with Crippen molar-refractivity contribution in [2.24, 2.45) is 0 Å². The van der Waals surface area contributed by atoms with Crippen LogP contribution in [-0.4, -0.2) is 23.8 Å². The van der Waals surface area contributed by atoms with Gasteiger partial charge in [-0.15, -0.1) is 0 Å². The van der Waals surface area contributed by atoms with E-state index in [4.69, 9.17) is 16.3 Å². The first-order chi connectivity index (χ1) is 8.16. The quantitative estimate of drug-likeness (QED) is 0.898. The van der Waals surface area contributed by atoms with Crippen LogP contribution < -0.4 is 0 Å². The van der Waals surface area contributed by atoms with Gasteiger partial charge in [0.15, 0.2) is 0 Å². The number of hydrogen-bond acceptors (Lipinski definition) is 2. The molecule has 1 aromatic rings. The first kappa shape index (κ1) is 12.4. The van der Waals surface area contributed by atoms with Gasteiger partial charge in [-0.2, -0.15) is 0 Å². The summed E-state index contributed by atoms with van der Waals surface area (Å²) in [6, 6.07) is 7.00. The fraction of sp³-hybridized carbons (Fsp3) is 0.462. The van der Waals surface area contributed by atoms with Crippen molar-refractivity contribution in [1.82, 2.24) is 0 Å². The van der Waals surface area contributed by atoms with Crippen molar-refractivity contribution < 1.29 is 14.6 Å². The normalized spacial score (nSPS) is 21.4. The summed E-state index contributed by atoms with van der Waals surface area (Å²) in [5.41, 5.74) is 0.789. The van der Waals surface area contributed by atoms with Crippen LogP contribution in [0.4, 0.5) is 0 Å². The van der Waals surface area contributed by atoms with E-state index in [0.29, 0.717) is 11.4 Å². The van der Waals surface area contributed by atoms with Crippen molar-refractivity contribution in [3.05, 3.63) is 34.9 Å². The number of carbonyl (C=O) groups is 1. The van der Waals surface area contributed by atoms with Crippen molar-refractivity contribution in [3.8, 4) is 0 Å². The second kappa shape index (κ2) is 5.52. The van der Waals surface area contributed by atoms with Gasteiger partial charge in [0.25, 0.3) is 0 Å². The number of carboxylic acids is 1. The molecule has 1 fully saturated rings. The van der Waals surface area contributed by atoms with Crippen LogP contribution in [0.25, 0.3) is 0 Å². The van der Waals surface area contributed by atoms with E-state index in [-0.39, 0.29) is 6.10 Å². The fourth-order valence-electron chi connectivity index (χ4n) is 2.17. The topological polar surface area (TPSA) is 46.5 Å². The summed E-state index contributed by atoms with van der Waals surface area (Å²) < 4.78 is 5.49. The van der Waals surface area contributed by atoms with Gasteiger partial charge >= 0.3 is 5.97 Å². The average Bonchev–Trinajstić information content (AvgIpc) is 2.80. The molecule has 4 heteroatoms. The van der Waals surface area contributed by atoms with E-state index in [1.807, 2.05) is 0 Å². The average molecular weight is 255 g/mol. The van der Waals surface area contributed by atoms with Gasteiger partial charge in [-0.1, -0.05) is 23.7 Å². The van der Waals surface area contributed by atoms with Gasteiger partial charge in [0.05, 0.1) is 12.0 Å². The zero-order valence-corrected chi connectivity index (χ0v) is 10.2. The molecule has 2 atom stereocenters. The maximum Gasteiger partial charge on any atom is 0.311 e. The lowest BCUT2D eigenvalue weighted by Gasteiger charge is -2.16. The third-order valence-corrected chi connectivity index (χ3v) is 3.35. The third kappa shape index (κ3) is 3.20. The molecular weight excluding hydrogens is 240 g/mol. The second-order valence-corrected chi connectivity index (χ2v) is 4.75. The first-order valence-electron chi connectivity index (χ1n) is 5.76. The van der Waals surface area contributed by atoms with Crippen molar-refractivity contribution in [3.63, 3.8) is 0 Å². The molecule has 0 aromatic heterocycles. The van der Waals surface area contributed by atoms with E-state index in [0.717, 1.165) is 25.0 Å². The molecule has 0 saturated carbocycles. The summed E-state index contributed by atoms with van der Waals surface area (Å²) in [6.07, 6.45) is 2.60. The minimum atomic E-state index is -0.803. The fourth-order valence-corrected chi connectivity index (χ4v) is 2.29. The highest BCUT2D eigenvalue weighted by atomic mass is 35.5. The van der Waals surface area contributed by atoms with Crippen LogP contribution in [-0.2, 0) is 9.53 Å². The maximum absolute atomic E-state index is 11.3. The molecule has 0 amide bonds. The largest absolute Gasteiger partial charge is 0.481 e. The molecule has 1 saturated heterocycles. The highest BCUT2D eigenvalue weighted by molar-refractivity contribution is 6.30. The first-order valence-corrected chi connectivity index (χ1v) is 6.14. The molecule has 0 bridgehead atoms. The molecule has 92 valence electrons. The van der Waals surface area contributed by atoms with Gasteiger partial charge in [0.1, 0.15) is 0 Å². The minimum absolute atomic E-state index is 0.0757. The molecule has 0 spiro atoms. The summed E-state index contributed by atoms with van der Waals surface area (Å²) in [5.74, 6) is -1.31. The molecule has 17 heavy (non-hydrogen) atoms. The number of benzene rings is 1. The van der Waals surface area contributed by atoms with E-state index in [9.17, 15) is 9.90 Å². The Morgan fingerprint density at radius 2 is 2.18 bits per heavy atom. The summed E-state index contributed by atoms with van der Waals surface area (Å²) in [7, 11) is 0. The van der Waals surface area contributed by atoms with E-state index < -0.39 is 11.9 Å². The van der Waals surface area contributed by atoms with E-state index in [2.05, 4.69) is 0 Å². The van der Waals surface area contributed by atoms with Gasteiger partial charge in [-0.25, -0.2) is 0 Å². The van der Waals surface area contributed by atoms with Crippen LogP contribution in [0.5, 0.6) is 0 Å². The Hall–Kier alpha value is -1.06. The summed E-state index contributed by atoms with van der Waals surface area (Å²) >= 11 is 5.79. The molecule has 1 aliphatic heterocycles. The maximum atomic E-state index is 11.3. The summed E-state index contributed by atoms with van der Waals surface area (Å²) in [5, 5.41) is 9.89. The van der Waals surface area contributed by atoms with Crippen molar-refractivity contribution in [2.45, 2.75) is 31.3 Å². The third-order valence-electron chi connectivity index (χ3n) is 3.09. The predicted octanol–water partition coefficient (Wildman–Crippen LogP) is 3.08. The Morgan fingerprint density at radius 3 is 2.71 bits per heavy atom. The highest BCUT2D eigenvalue weighted by Gasteiger charge is 2.26. The summed E-state index contributed by atoms with van der Waals surface area (Å²) in [4.78, 5) is 11.3. The van der Waals surface area contributed by atoms with Gasteiger partial charge in [0, 0.05) is 11.6 Å². The molecule has 2 unspecified atom stereocenters. The number of carboxylic acid groups (broad SMARTS) is 1. The van der Waals surface area contributed by atoms with E-state index in [1.54, 1.807) is 24.3 Å². The predicted molar refractivity (Wildman–Crippen MR) is 65.4 cm³/mol. The highest BCUT2D eigenvalue weighted by Crippen LogP contribution is 2.28. The molecule has 1 aliphatic rings. The molecule has 0 radical (unpaired) electrons. The molecule has 0 aliphatic carbocycles. The van der Waals surface area contributed by atoms with E-state index >= 15 is 0 Å². The molecule has 3 nitrogen and oxygen atoms in total. The van der Waals surface area contributed by atoms with Crippen LogP contribution in [0.1, 0.15) is 30.7 Å². The minimum Gasteiger partial charge on any atom is -0.481 e. The lowest BCUT2D eigenvalue weighted by atomic mass is 9.92. The molecule has 1 heterocycles. The Morgan fingerprint density at radius 1 is 1.47 bits per heavy atom. The van der Waals surface area contributed by atoms with Gasteiger partial charge < -0.3 is 9.84 Å². The molecular formula is C13H15ClO3. The van der Waals surface area contributed by atoms with Gasteiger partial charge in [-0.3, -0.25) is 4.79 Å². The molecule has 2 rings (SSSR count). The standard InChI is InChI=1S/C13H15ClO3/c14-10-5-3-9(4-6-10)12(13(15)16)8-11-2-1-7-17-11/h3-6,11-12H,1-2,7-8H2,(H,15,16). The van der Waals surface area contributed by atoms with Crippen LogP contribution in [0.3, 0.4) is 0 Å². The van der Waals surface area contributed by atoms with Crippen LogP contribution >= 0.6 is 11.6 Å². The van der Waals surface area contributed by atoms with Crippen molar-refractivity contribution in [1.29, 1.82) is 0 Å². The van der Waals surface area contributed by atoms with Crippen molar-refractivity contribution >= 4 is 17.6 Å². The Kier molecular flexibility index (Phi) is 4.02. The number of aliphatic carboxylic acids is 1. The van der Waals surface area contributed by atoms with Crippen LogP contribution in [0.2, 0.25) is 5.02 Å². The zero-order valence-electron chi connectivity index (χ0n) is 9.43. The smallest absolute Gasteiger partial charge is 0.311 e. The second-order valence-electron chi connectivity index (χ2n) is 4.31. The summed E-state index contributed by atoms with van der Waals surface area (Å²) in [6.45, 7) is 0.748. The molecule has 1 aromatic carbocycles. The number of hydrogen-bond donors (Lipinski definition) is 1. The Labute approximate surface area is 105 Å². The Balaban J connectivity index is 2.10. The van der Waals surface area contributed by atoms with Crippen LogP contribution in [0.15, 0.2) is 24.3 Å². The SMILES string of the molecule is O=C(O)C(CC1CCCO1)c1ccc(Cl)cc1. The zero-order chi connectivity index (χ0) is 12.3. The van der Waals surface area contributed by atoms with Gasteiger partial charge in [-0.05, 0) is 37.0 Å². The lowest BCUT2D eigenvalue weighted by molar-refractivity contribution is -0.139. The number of rotatable bonds is 4. The lowest BCUT2D eigenvalue weighted by Crippen LogP contribution is -2.18. The number of ether oxygens (including phenoxy) is 1. The monoisotopic (exact) mass is 254 g/mol.